The van der Waals surface area contributed by atoms with Gasteiger partial charge in [-0.05, 0) is 74.8 Å². The first kappa shape index (κ1) is 24.0. The maximum atomic E-state index is 6.07. The van der Waals surface area contributed by atoms with Crippen LogP contribution in [0.1, 0.15) is 37.8 Å². The molecule has 7 heteroatoms. The number of halogens is 1. The van der Waals surface area contributed by atoms with E-state index in [0.29, 0.717) is 11.0 Å². The lowest BCUT2D eigenvalue weighted by Crippen LogP contribution is -2.21. The molecular weight excluding hydrogens is 444 g/mol. The number of pyridine rings is 1. The molecule has 4 rings (SSSR count). The van der Waals surface area contributed by atoms with Crippen molar-refractivity contribution in [3.63, 3.8) is 0 Å². The number of hydrogen-bond acceptors (Lipinski definition) is 6. The van der Waals surface area contributed by atoms with Crippen LogP contribution >= 0.6 is 11.6 Å². The van der Waals surface area contributed by atoms with Crippen molar-refractivity contribution in [2.75, 3.05) is 29.4 Å². The van der Waals surface area contributed by atoms with Gasteiger partial charge in [0.1, 0.15) is 5.82 Å². The minimum absolute atomic E-state index is 0.503. The molecule has 3 aliphatic heterocycles. The van der Waals surface area contributed by atoms with E-state index in [4.69, 9.17) is 16.6 Å². The van der Waals surface area contributed by atoms with Crippen LogP contribution < -0.4 is 15.1 Å². The predicted molar refractivity (Wildman–Crippen MR) is 145 cm³/mol. The Morgan fingerprint density at radius 2 is 2.12 bits per heavy atom. The molecule has 0 spiro atoms. The van der Waals surface area contributed by atoms with E-state index < -0.39 is 0 Å². The van der Waals surface area contributed by atoms with Crippen LogP contribution in [0, 0.1) is 12.8 Å². The second-order valence-corrected chi connectivity index (χ2v) is 9.36. The van der Waals surface area contributed by atoms with Crippen molar-refractivity contribution in [2.24, 2.45) is 15.9 Å². The summed E-state index contributed by atoms with van der Waals surface area (Å²) < 4.78 is 0. The Hall–Kier alpha value is -3.12. The number of allylic oxidation sites excluding steroid dienone is 5. The van der Waals surface area contributed by atoms with E-state index >= 15 is 0 Å². The van der Waals surface area contributed by atoms with Crippen LogP contribution in [0.2, 0.25) is 0 Å². The third-order valence-corrected chi connectivity index (χ3v) is 6.57. The molecule has 3 aliphatic rings. The molecule has 0 bridgehead atoms. The number of nitrogens with one attached hydrogen (secondary N) is 1. The van der Waals surface area contributed by atoms with Gasteiger partial charge < -0.3 is 15.1 Å². The van der Waals surface area contributed by atoms with Gasteiger partial charge in [-0.15, -0.1) is 0 Å². The summed E-state index contributed by atoms with van der Waals surface area (Å²) in [6.07, 6.45) is 16.6. The first-order valence-corrected chi connectivity index (χ1v) is 12.3. The Kier molecular flexibility index (Phi) is 8.01. The molecule has 1 N–H and O–H groups in total. The van der Waals surface area contributed by atoms with Gasteiger partial charge in [-0.3, -0.25) is 4.99 Å². The van der Waals surface area contributed by atoms with Crippen LogP contribution in [0.5, 0.6) is 0 Å². The summed E-state index contributed by atoms with van der Waals surface area (Å²) in [4.78, 5) is 17.8. The Balaban J connectivity index is 1.40. The predicted octanol–water partition coefficient (Wildman–Crippen LogP) is 5.85. The molecule has 6 nitrogen and oxygen atoms in total. The Bertz CT molecular complexity index is 1080. The highest BCUT2D eigenvalue weighted by Gasteiger charge is 2.21. The van der Waals surface area contributed by atoms with Crippen LogP contribution in [0.15, 0.2) is 81.8 Å². The summed E-state index contributed by atoms with van der Waals surface area (Å²) in [6.45, 7) is 13.2. The summed E-state index contributed by atoms with van der Waals surface area (Å²) in [7, 11) is 0. The highest BCUT2D eigenvalue weighted by Crippen LogP contribution is 2.32. The molecule has 1 unspecified atom stereocenters. The average Bonchev–Trinajstić information content (AvgIpc) is 3.23. The van der Waals surface area contributed by atoms with Gasteiger partial charge in [0.15, 0.2) is 0 Å². The van der Waals surface area contributed by atoms with Crippen molar-refractivity contribution in [1.29, 1.82) is 0 Å². The monoisotopic (exact) mass is 476 g/mol. The van der Waals surface area contributed by atoms with Gasteiger partial charge >= 0.3 is 0 Å². The molecule has 0 aromatic carbocycles. The second kappa shape index (κ2) is 11.3. The number of aryl methyl sites for hydroxylation is 1. The first-order chi connectivity index (χ1) is 16.5. The lowest BCUT2D eigenvalue weighted by molar-refractivity contribution is 0.455. The lowest BCUT2D eigenvalue weighted by Gasteiger charge is -2.27. The highest BCUT2D eigenvalue weighted by molar-refractivity contribution is 6.39. The van der Waals surface area contributed by atoms with Crippen LogP contribution in [-0.2, 0) is 0 Å². The zero-order valence-electron chi connectivity index (χ0n) is 19.9. The number of hydrogen-bond donors (Lipinski definition) is 1. The third-order valence-electron chi connectivity index (χ3n) is 6.37. The van der Waals surface area contributed by atoms with E-state index in [1.54, 1.807) is 18.8 Å². The van der Waals surface area contributed by atoms with Gasteiger partial charge in [0.05, 0.1) is 22.8 Å². The van der Waals surface area contributed by atoms with Crippen molar-refractivity contribution < 1.29 is 0 Å². The maximum absolute atomic E-state index is 6.07. The van der Waals surface area contributed by atoms with Crippen LogP contribution in [0.4, 0.5) is 11.5 Å². The van der Waals surface area contributed by atoms with E-state index in [-0.39, 0.29) is 0 Å². The zero-order valence-corrected chi connectivity index (χ0v) is 20.6. The van der Waals surface area contributed by atoms with Crippen molar-refractivity contribution in [3.05, 3.63) is 77.5 Å². The Morgan fingerprint density at radius 1 is 1.24 bits per heavy atom. The minimum Gasteiger partial charge on any atom is -0.376 e. The van der Waals surface area contributed by atoms with E-state index in [1.807, 2.05) is 0 Å². The normalized spacial score (nSPS) is 25.1. The van der Waals surface area contributed by atoms with Gasteiger partial charge in [0, 0.05) is 49.6 Å². The van der Waals surface area contributed by atoms with Crippen molar-refractivity contribution in [2.45, 2.75) is 39.0 Å². The zero-order chi connectivity index (χ0) is 23.9. The molecule has 0 radical (unpaired) electrons. The fourth-order valence-electron chi connectivity index (χ4n) is 4.57. The molecule has 0 aliphatic carbocycles. The molecule has 0 saturated carbocycles. The number of nitrogens with zero attached hydrogens (tertiary/aromatic N) is 5. The second-order valence-electron chi connectivity index (χ2n) is 8.92. The topological polar surface area (TPSA) is 56.1 Å². The summed E-state index contributed by atoms with van der Waals surface area (Å²) in [5, 5.41) is 3.78. The molecule has 1 fully saturated rings. The standard InChI is InChI=1S/C27H33ClN6/c1-20-5-4-13-33(20)26-6-7-27(32-22(26)3)34-14-10-24(15-21(34)2)16-23-8-11-29-17-25(28)18-31-19-30-12-9-23/h6-7,10,14-15,17-19,23H,1-2,4-5,8-9,11-13,16H2,3H3,(H,30,31)/b25-18+,29-17-. The quantitative estimate of drug-likeness (QED) is 0.592. The molecule has 0 amide bonds. The van der Waals surface area contributed by atoms with Crippen molar-refractivity contribution >= 4 is 35.7 Å². The van der Waals surface area contributed by atoms with Gasteiger partial charge in [0.25, 0.3) is 0 Å². The van der Waals surface area contributed by atoms with E-state index in [2.05, 4.69) is 75.7 Å². The molecular formula is C27H33ClN6. The molecule has 1 saturated heterocycles. The summed E-state index contributed by atoms with van der Waals surface area (Å²) in [6, 6.07) is 4.22. The fourth-order valence-corrected chi connectivity index (χ4v) is 4.70. The first-order valence-electron chi connectivity index (χ1n) is 11.9. The van der Waals surface area contributed by atoms with E-state index in [9.17, 15) is 0 Å². The molecule has 34 heavy (non-hydrogen) atoms. The van der Waals surface area contributed by atoms with Gasteiger partial charge in [-0.2, -0.15) is 0 Å². The fraction of sp³-hybridized carbons (Fsp3) is 0.370. The van der Waals surface area contributed by atoms with Crippen LogP contribution in [-0.4, -0.2) is 37.2 Å². The lowest BCUT2D eigenvalue weighted by atomic mass is 9.91. The molecule has 1 aromatic rings. The molecule has 178 valence electrons. The van der Waals surface area contributed by atoms with Gasteiger partial charge in [-0.25, -0.2) is 9.98 Å². The minimum atomic E-state index is 0.503. The van der Waals surface area contributed by atoms with Gasteiger partial charge in [0.2, 0.25) is 0 Å². The molecule has 1 aromatic heterocycles. The number of anilines is 2. The summed E-state index contributed by atoms with van der Waals surface area (Å²) in [5.74, 6) is 1.39. The molecule has 1 atom stereocenters. The number of aromatic nitrogens is 1. The van der Waals surface area contributed by atoms with Crippen molar-refractivity contribution in [1.82, 2.24) is 10.3 Å². The Morgan fingerprint density at radius 3 is 2.88 bits per heavy atom. The summed E-state index contributed by atoms with van der Waals surface area (Å²) >= 11 is 6.07. The smallest absolute Gasteiger partial charge is 0.137 e. The van der Waals surface area contributed by atoms with Crippen molar-refractivity contribution in [3.8, 4) is 0 Å². The third kappa shape index (κ3) is 6.06. The average molecular weight is 477 g/mol. The number of rotatable bonds is 4. The van der Waals surface area contributed by atoms with Crippen LogP contribution in [0.3, 0.4) is 0 Å². The van der Waals surface area contributed by atoms with E-state index in [1.165, 1.54) is 11.3 Å². The van der Waals surface area contributed by atoms with Crippen LogP contribution in [0.25, 0.3) is 0 Å². The molecule has 4 heterocycles. The maximum Gasteiger partial charge on any atom is 0.137 e. The Labute approximate surface area is 207 Å². The highest BCUT2D eigenvalue weighted by atomic mass is 35.5. The van der Waals surface area contributed by atoms with Gasteiger partial charge in [-0.1, -0.05) is 24.8 Å². The number of aliphatic imine (C=N–C) groups is 2. The summed E-state index contributed by atoms with van der Waals surface area (Å²) in [5.41, 5.74) is 5.53. The van der Waals surface area contributed by atoms with E-state index in [0.717, 1.165) is 74.6 Å². The SMILES string of the molecule is C=C1C=C(CC2CC\N=C/C(Cl)=C\N=C\NCC2)C=CN1c1ccc(N2CCCC2=C)c(C)n1. The largest absolute Gasteiger partial charge is 0.376 e.